The summed E-state index contributed by atoms with van der Waals surface area (Å²) >= 11 is 0. The maximum Gasteiger partial charge on any atom is 0.322 e. The molecule has 0 radical (unpaired) electrons. The van der Waals surface area contributed by atoms with Crippen LogP contribution in [0.2, 0.25) is 0 Å². The van der Waals surface area contributed by atoms with E-state index in [1.165, 1.54) is 7.11 Å². The summed E-state index contributed by atoms with van der Waals surface area (Å²) in [6, 6.07) is -0.148. The first-order valence-electron chi connectivity index (χ1n) is 6.36. The molecular formula is C13H27NO2. The summed E-state index contributed by atoms with van der Waals surface area (Å²) in [5.74, 6) is 1.01. The summed E-state index contributed by atoms with van der Waals surface area (Å²) in [4.78, 5) is 11.6. The highest BCUT2D eigenvalue weighted by Gasteiger charge is 2.20. The van der Waals surface area contributed by atoms with Crippen LogP contribution in [0.5, 0.6) is 0 Å². The maximum atomic E-state index is 11.6. The Morgan fingerprint density at radius 3 is 2.19 bits per heavy atom. The Labute approximate surface area is 99.9 Å². The van der Waals surface area contributed by atoms with Gasteiger partial charge >= 0.3 is 5.97 Å². The molecule has 0 saturated heterocycles. The van der Waals surface area contributed by atoms with Crippen LogP contribution in [0.25, 0.3) is 0 Å². The van der Waals surface area contributed by atoms with Crippen molar-refractivity contribution in [2.75, 3.05) is 13.7 Å². The highest BCUT2D eigenvalue weighted by molar-refractivity contribution is 5.75. The molecule has 0 aliphatic heterocycles. The van der Waals surface area contributed by atoms with Gasteiger partial charge in [-0.15, -0.1) is 0 Å². The average molecular weight is 229 g/mol. The van der Waals surface area contributed by atoms with E-state index in [-0.39, 0.29) is 12.0 Å². The van der Waals surface area contributed by atoms with Gasteiger partial charge < -0.3 is 10.1 Å². The van der Waals surface area contributed by atoms with E-state index in [1.807, 2.05) is 0 Å². The van der Waals surface area contributed by atoms with Gasteiger partial charge in [-0.2, -0.15) is 0 Å². The van der Waals surface area contributed by atoms with E-state index in [0.29, 0.717) is 11.8 Å². The molecule has 0 aromatic heterocycles. The fourth-order valence-electron chi connectivity index (χ4n) is 1.76. The third-order valence-electron chi connectivity index (χ3n) is 3.00. The molecule has 0 saturated carbocycles. The Kier molecular flexibility index (Phi) is 8.26. The van der Waals surface area contributed by atoms with Crippen LogP contribution in [0.15, 0.2) is 0 Å². The van der Waals surface area contributed by atoms with Crippen LogP contribution in [0, 0.1) is 11.8 Å². The predicted octanol–water partition coefficient (Wildman–Crippen LogP) is 2.60. The van der Waals surface area contributed by atoms with Gasteiger partial charge in [0, 0.05) is 0 Å². The molecule has 0 aliphatic carbocycles. The van der Waals surface area contributed by atoms with Crippen LogP contribution in [-0.2, 0) is 9.53 Å². The number of hydrogen-bond acceptors (Lipinski definition) is 3. The molecule has 16 heavy (non-hydrogen) atoms. The average Bonchev–Trinajstić information content (AvgIpc) is 2.27. The van der Waals surface area contributed by atoms with Crippen molar-refractivity contribution >= 4 is 5.97 Å². The highest BCUT2D eigenvalue weighted by Crippen LogP contribution is 2.09. The molecule has 0 bridgehead atoms. The Balaban J connectivity index is 4.15. The lowest BCUT2D eigenvalue weighted by Crippen LogP contribution is -2.41. The smallest absolute Gasteiger partial charge is 0.322 e. The number of methoxy groups -OCH3 is 1. The Morgan fingerprint density at radius 1 is 1.25 bits per heavy atom. The van der Waals surface area contributed by atoms with Gasteiger partial charge in [0.2, 0.25) is 0 Å². The molecule has 1 unspecified atom stereocenters. The lowest BCUT2D eigenvalue weighted by atomic mass is 10.0. The highest BCUT2D eigenvalue weighted by atomic mass is 16.5. The van der Waals surface area contributed by atoms with Crippen molar-refractivity contribution < 1.29 is 9.53 Å². The fourth-order valence-corrected chi connectivity index (χ4v) is 1.76. The largest absolute Gasteiger partial charge is 0.468 e. The van der Waals surface area contributed by atoms with Crippen molar-refractivity contribution in [3.8, 4) is 0 Å². The standard InChI is InChI=1S/C13H27NO2/c1-6-11(7-2)9-14-12(8-10(3)4)13(15)16-5/h10-12,14H,6-9H2,1-5H3. The molecule has 0 aliphatic rings. The van der Waals surface area contributed by atoms with Gasteiger partial charge in [-0.05, 0) is 24.8 Å². The number of carbonyl (C=O) groups is 1. The summed E-state index contributed by atoms with van der Waals surface area (Å²) in [5.41, 5.74) is 0. The Bertz CT molecular complexity index is 188. The molecule has 0 heterocycles. The van der Waals surface area contributed by atoms with Gasteiger partial charge in [0.1, 0.15) is 6.04 Å². The zero-order chi connectivity index (χ0) is 12.6. The van der Waals surface area contributed by atoms with E-state index in [0.717, 1.165) is 25.8 Å². The number of carbonyl (C=O) groups excluding carboxylic acids is 1. The minimum atomic E-state index is -0.148. The van der Waals surface area contributed by atoms with Crippen molar-refractivity contribution in [2.24, 2.45) is 11.8 Å². The van der Waals surface area contributed by atoms with Crippen molar-refractivity contribution in [1.29, 1.82) is 0 Å². The quantitative estimate of drug-likeness (QED) is 0.650. The van der Waals surface area contributed by atoms with Crippen molar-refractivity contribution in [3.05, 3.63) is 0 Å². The van der Waals surface area contributed by atoms with E-state index in [9.17, 15) is 4.79 Å². The maximum absolute atomic E-state index is 11.6. The number of rotatable bonds is 8. The summed E-state index contributed by atoms with van der Waals surface area (Å²) in [7, 11) is 1.45. The first-order valence-corrected chi connectivity index (χ1v) is 6.36. The molecule has 3 nitrogen and oxygen atoms in total. The van der Waals surface area contributed by atoms with Crippen molar-refractivity contribution in [2.45, 2.75) is 53.0 Å². The van der Waals surface area contributed by atoms with Crippen LogP contribution in [0.1, 0.15) is 47.0 Å². The zero-order valence-electron chi connectivity index (χ0n) is 11.4. The SMILES string of the molecule is CCC(CC)CNC(CC(C)C)C(=O)OC. The minimum absolute atomic E-state index is 0.139. The molecule has 0 aromatic carbocycles. The molecule has 0 amide bonds. The van der Waals surface area contributed by atoms with Gasteiger partial charge in [-0.3, -0.25) is 4.79 Å². The van der Waals surface area contributed by atoms with Gasteiger partial charge in [0.25, 0.3) is 0 Å². The summed E-state index contributed by atoms with van der Waals surface area (Å²) < 4.78 is 4.81. The Hall–Kier alpha value is -0.570. The van der Waals surface area contributed by atoms with Crippen LogP contribution in [0.4, 0.5) is 0 Å². The second-order valence-corrected chi connectivity index (χ2v) is 4.80. The number of hydrogen-bond donors (Lipinski definition) is 1. The van der Waals surface area contributed by atoms with Crippen molar-refractivity contribution in [3.63, 3.8) is 0 Å². The second-order valence-electron chi connectivity index (χ2n) is 4.80. The van der Waals surface area contributed by atoms with Crippen LogP contribution >= 0.6 is 0 Å². The summed E-state index contributed by atoms with van der Waals surface area (Å²) in [6.07, 6.45) is 3.14. The summed E-state index contributed by atoms with van der Waals surface area (Å²) in [6.45, 7) is 9.51. The van der Waals surface area contributed by atoms with Crippen LogP contribution in [-0.4, -0.2) is 25.7 Å². The number of esters is 1. The van der Waals surface area contributed by atoms with E-state index in [1.54, 1.807) is 0 Å². The number of nitrogens with one attached hydrogen (secondary N) is 1. The zero-order valence-corrected chi connectivity index (χ0v) is 11.4. The lowest BCUT2D eigenvalue weighted by Gasteiger charge is -2.21. The minimum Gasteiger partial charge on any atom is -0.468 e. The van der Waals surface area contributed by atoms with Crippen LogP contribution in [0.3, 0.4) is 0 Å². The summed E-state index contributed by atoms with van der Waals surface area (Å²) in [5, 5.41) is 3.33. The molecule has 3 heteroatoms. The van der Waals surface area contributed by atoms with Crippen LogP contribution < -0.4 is 5.32 Å². The first-order chi connectivity index (χ1) is 7.54. The van der Waals surface area contributed by atoms with Gasteiger partial charge in [-0.25, -0.2) is 0 Å². The fraction of sp³-hybridized carbons (Fsp3) is 0.923. The van der Waals surface area contributed by atoms with Gasteiger partial charge in [0.15, 0.2) is 0 Å². The molecule has 0 aromatic rings. The Morgan fingerprint density at radius 2 is 1.81 bits per heavy atom. The third kappa shape index (κ3) is 6.11. The molecule has 1 atom stereocenters. The van der Waals surface area contributed by atoms with E-state index < -0.39 is 0 Å². The monoisotopic (exact) mass is 229 g/mol. The molecule has 0 fully saturated rings. The lowest BCUT2D eigenvalue weighted by molar-refractivity contribution is -0.143. The first kappa shape index (κ1) is 15.4. The number of ether oxygens (including phenoxy) is 1. The normalized spacial score (nSPS) is 13.2. The molecule has 0 spiro atoms. The molecule has 1 N–H and O–H groups in total. The van der Waals surface area contributed by atoms with E-state index in [4.69, 9.17) is 4.74 Å². The van der Waals surface area contributed by atoms with E-state index in [2.05, 4.69) is 33.0 Å². The predicted molar refractivity (Wildman–Crippen MR) is 67.3 cm³/mol. The van der Waals surface area contributed by atoms with Gasteiger partial charge in [0.05, 0.1) is 7.11 Å². The molecule has 96 valence electrons. The van der Waals surface area contributed by atoms with Crippen molar-refractivity contribution in [1.82, 2.24) is 5.32 Å². The molecular weight excluding hydrogens is 202 g/mol. The van der Waals surface area contributed by atoms with E-state index >= 15 is 0 Å². The topological polar surface area (TPSA) is 38.3 Å². The molecule has 0 rings (SSSR count). The van der Waals surface area contributed by atoms with Gasteiger partial charge in [-0.1, -0.05) is 40.5 Å². The third-order valence-corrected chi connectivity index (χ3v) is 3.00. The second kappa shape index (κ2) is 8.57.